The Morgan fingerprint density at radius 2 is 2.16 bits per heavy atom. The lowest BCUT2D eigenvalue weighted by atomic mass is 10.1. The number of carbonyl (C=O) groups is 1. The third kappa shape index (κ3) is 3.47. The molecule has 1 aromatic carbocycles. The summed E-state index contributed by atoms with van der Waals surface area (Å²) in [7, 11) is 0. The molecule has 19 heavy (non-hydrogen) atoms. The number of rotatable bonds is 6. The lowest BCUT2D eigenvalue weighted by Crippen LogP contribution is -2.36. The fourth-order valence-electron chi connectivity index (χ4n) is 2.23. The molecule has 0 radical (unpaired) electrons. The monoisotopic (exact) mass is 262 g/mol. The van der Waals surface area contributed by atoms with Crippen LogP contribution in [-0.2, 0) is 4.79 Å². The van der Waals surface area contributed by atoms with Gasteiger partial charge in [-0.2, -0.15) is 0 Å². The van der Waals surface area contributed by atoms with E-state index in [4.69, 9.17) is 10.5 Å². The normalized spacial score (nSPS) is 15.9. The highest BCUT2D eigenvalue weighted by atomic mass is 16.5. The van der Waals surface area contributed by atoms with E-state index in [2.05, 4.69) is 0 Å². The quantitative estimate of drug-likeness (QED) is 0.854. The van der Waals surface area contributed by atoms with Gasteiger partial charge in [0, 0.05) is 24.2 Å². The molecule has 1 amide bonds. The van der Waals surface area contributed by atoms with Crippen molar-refractivity contribution in [2.45, 2.75) is 38.8 Å². The first-order valence-corrected chi connectivity index (χ1v) is 6.90. The van der Waals surface area contributed by atoms with Crippen molar-refractivity contribution in [3.8, 4) is 5.75 Å². The fraction of sp³-hybridized carbons (Fsp3) is 0.533. The van der Waals surface area contributed by atoms with Crippen LogP contribution in [0, 0.1) is 0 Å². The van der Waals surface area contributed by atoms with Gasteiger partial charge in [-0.25, -0.2) is 0 Å². The molecule has 1 aliphatic rings. The molecule has 1 saturated carbocycles. The smallest absolute Gasteiger partial charge is 0.260 e. The van der Waals surface area contributed by atoms with Gasteiger partial charge in [0.2, 0.25) is 0 Å². The van der Waals surface area contributed by atoms with Crippen molar-refractivity contribution in [3.05, 3.63) is 29.8 Å². The molecule has 1 aliphatic carbocycles. The highest BCUT2D eigenvalue weighted by Crippen LogP contribution is 2.27. The number of likely N-dealkylation sites (N-methyl/N-ethyl adjacent to an activating group) is 1. The molecule has 0 saturated heterocycles. The summed E-state index contributed by atoms with van der Waals surface area (Å²) in [5.74, 6) is 0.766. The number of benzene rings is 1. The van der Waals surface area contributed by atoms with E-state index in [-0.39, 0.29) is 18.6 Å². The molecular formula is C15H22N2O2. The number of hydrogen-bond donors (Lipinski definition) is 1. The first kappa shape index (κ1) is 13.9. The average Bonchev–Trinajstić information content (AvgIpc) is 3.22. The van der Waals surface area contributed by atoms with Gasteiger partial charge in [-0.15, -0.1) is 0 Å². The maximum absolute atomic E-state index is 12.1. The zero-order valence-electron chi connectivity index (χ0n) is 11.6. The largest absolute Gasteiger partial charge is 0.483 e. The average molecular weight is 262 g/mol. The van der Waals surface area contributed by atoms with Crippen LogP contribution in [0.3, 0.4) is 0 Å². The van der Waals surface area contributed by atoms with Crippen LogP contribution in [0.4, 0.5) is 0 Å². The van der Waals surface area contributed by atoms with Gasteiger partial charge in [0.05, 0.1) is 0 Å². The van der Waals surface area contributed by atoms with Crippen molar-refractivity contribution < 1.29 is 9.53 Å². The summed E-state index contributed by atoms with van der Waals surface area (Å²) in [6, 6.07) is 7.95. The molecule has 1 aromatic rings. The summed E-state index contributed by atoms with van der Waals surface area (Å²) in [6.07, 6.45) is 2.24. The Morgan fingerprint density at radius 3 is 2.74 bits per heavy atom. The van der Waals surface area contributed by atoms with Crippen LogP contribution < -0.4 is 10.5 Å². The molecule has 104 valence electrons. The predicted molar refractivity (Wildman–Crippen MR) is 74.9 cm³/mol. The Bertz CT molecular complexity index is 442. The van der Waals surface area contributed by atoms with Crippen LogP contribution in [0.2, 0.25) is 0 Å². The van der Waals surface area contributed by atoms with Crippen LogP contribution in [0.5, 0.6) is 5.75 Å². The van der Waals surface area contributed by atoms with Crippen LogP contribution >= 0.6 is 0 Å². The second kappa shape index (κ2) is 6.06. The minimum absolute atomic E-state index is 0.0597. The number of nitrogens with two attached hydrogens (primary N) is 1. The van der Waals surface area contributed by atoms with E-state index in [0.717, 1.165) is 24.9 Å². The van der Waals surface area contributed by atoms with Gasteiger partial charge in [0.1, 0.15) is 5.75 Å². The van der Waals surface area contributed by atoms with Gasteiger partial charge in [-0.05, 0) is 32.8 Å². The summed E-state index contributed by atoms with van der Waals surface area (Å²) in [4.78, 5) is 14.0. The van der Waals surface area contributed by atoms with E-state index >= 15 is 0 Å². The van der Waals surface area contributed by atoms with E-state index in [9.17, 15) is 4.79 Å². The summed E-state index contributed by atoms with van der Waals surface area (Å²) in [5.41, 5.74) is 6.82. The fourth-order valence-corrected chi connectivity index (χ4v) is 2.23. The number of hydrogen-bond acceptors (Lipinski definition) is 3. The summed E-state index contributed by atoms with van der Waals surface area (Å²) in [6.45, 7) is 4.76. The maximum Gasteiger partial charge on any atom is 0.260 e. The van der Waals surface area contributed by atoms with Crippen LogP contribution in [0.1, 0.15) is 38.3 Å². The van der Waals surface area contributed by atoms with Crippen LogP contribution in [-0.4, -0.2) is 30.0 Å². The molecule has 0 heterocycles. The number of nitrogens with zero attached hydrogens (tertiary/aromatic N) is 1. The zero-order valence-corrected chi connectivity index (χ0v) is 11.6. The Balaban J connectivity index is 1.96. The molecule has 0 aromatic heterocycles. The van der Waals surface area contributed by atoms with Crippen LogP contribution in [0.25, 0.3) is 0 Å². The molecule has 1 unspecified atom stereocenters. The van der Waals surface area contributed by atoms with E-state index in [1.54, 1.807) is 0 Å². The van der Waals surface area contributed by atoms with Gasteiger partial charge >= 0.3 is 0 Å². The van der Waals surface area contributed by atoms with E-state index in [1.165, 1.54) is 0 Å². The number of amides is 1. The molecule has 2 rings (SSSR count). The van der Waals surface area contributed by atoms with Gasteiger partial charge in [-0.3, -0.25) is 4.79 Å². The minimum Gasteiger partial charge on any atom is -0.483 e. The second-order valence-corrected chi connectivity index (χ2v) is 5.03. The number of carbonyl (C=O) groups excluding carboxylic acids is 1. The molecule has 4 heteroatoms. The molecule has 1 fully saturated rings. The van der Waals surface area contributed by atoms with Crippen molar-refractivity contribution in [1.82, 2.24) is 4.90 Å². The number of para-hydroxylation sites is 1. The standard InChI is InChI=1S/C15H22N2O2/c1-3-17(12-8-9-12)15(18)10-19-14-7-5-4-6-13(14)11(2)16/h4-7,11-12H,3,8-10,16H2,1-2H3. The minimum atomic E-state index is -0.1000. The van der Waals surface area contributed by atoms with Crippen molar-refractivity contribution in [3.63, 3.8) is 0 Å². The zero-order chi connectivity index (χ0) is 13.8. The van der Waals surface area contributed by atoms with Gasteiger partial charge < -0.3 is 15.4 Å². The second-order valence-electron chi connectivity index (χ2n) is 5.03. The van der Waals surface area contributed by atoms with Crippen molar-refractivity contribution in [2.24, 2.45) is 5.73 Å². The first-order valence-electron chi connectivity index (χ1n) is 6.90. The third-order valence-corrected chi connectivity index (χ3v) is 3.41. The molecule has 1 atom stereocenters. The summed E-state index contributed by atoms with van der Waals surface area (Å²) in [5, 5.41) is 0. The summed E-state index contributed by atoms with van der Waals surface area (Å²) < 4.78 is 5.65. The maximum atomic E-state index is 12.1. The van der Waals surface area contributed by atoms with Gasteiger partial charge in [0.25, 0.3) is 5.91 Å². The summed E-state index contributed by atoms with van der Waals surface area (Å²) >= 11 is 0. The molecule has 0 spiro atoms. The predicted octanol–water partition coefficient (Wildman–Crippen LogP) is 2.10. The van der Waals surface area contributed by atoms with E-state index in [0.29, 0.717) is 11.8 Å². The molecule has 4 nitrogen and oxygen atoms in total. The lowest BCUT2D eigenvalue weighted by molar-refractivity contribution is -0.133. The van der Waals surface area contributed by atoms with E-state index < -0.39 is 0 Å². The SMILES string of the molecule is CCN(C(=O)COc1ccccc1C(C)N)C1CC1. The third-order valence-electron chi connectivity index (χ3n) is 3.41. The Hall–Kier alpha value is -1.55. The van der Waals surface area contributed by atoms with E-state index in [1.807, 2.05) is 43.0 Å². The lowest BCUT2D eigenvalue weighted by Gasteiger charge is -2.21. The highest BCUT2D eigenvalue weighted by molar-refractivity contribution is 5.78. The van der Waals surface area contributed by atoms with Gasteiger partial charge in [0.15, 0.2) is 6.61 Å². The Labute approximate surface area is 114 Å². The topological polar surface area (TPSA) is 55.6 Å². The first-order chi connectivity index (χ1) is 9.13. The molecule has 0 aliphatic heterocycles. The molecule has 0 bridgehead atoms. The van der Waals surface area contributed by atoms with Crippen molar-refractivity contribution in [1.29, 1.82) is 0 Å². The van der Waals surface area contributed by atoms with Crippen LogP contribution in [0.15, 0.2) is 24.3 Å². The highest BCUT2D eigenvalue weighted by Gasteiger charge is 2.31. The Kier molecular flexibility index (Phi) is 4.43. The van der Waals surface area contributed by atoms with Gasteiger partial charge in [-0.1, -0.05) is 18.2 Å². The van der Waals surface area contributed by atoms with Crippen molar-refractivity contribution in [2.75, 3.05) is 13.2 Å². The number of ether oxygens (including phenoxy) is 1. The molecule has 2 N–H and O–H groups in total. The Morgan fingerprint density at radius 1 is 1.47 bits per heavy atom. The van der Waals surface area contributed by atoms with Crippen molar-refractivity contribution >= 4 is 5.91 Å². The molecular weight excluding hydrogens is 240 g/mol.